The lowest BCUT2D eigenvalue weighted by molar-refractivity contribution is -0.00256. The first-order chi connectivity index (χ1) is 10.1. The van der Waals surface area contributed by atoms with Crippen molar-refractivity contribution in [3.8, 4) is 0 Å². The molecule has 1 aromatic carbocycles. The molecule has 21 heavy (non-hydrogen) atoms. The number of morpholine rings is 1. The highest BCUT2D eigenvalue weighted by molar-refractivity contribution is 7.89. The summed E-state index contributed by atoms with van der Waals surface area (Å²) in [6.45, 7) is 2.76. The molecule has 1 aromatic heterocycles. The highest BCUT2D eigenvalue weighted by atomic mass is 32.2. The Bertz CT molecular complexity index is 712. The maximum Gasteiger partial charge on any atom is 0.246 e. The number of hydrogen-bond acceptors (Lipinski definition) is 4. The summed E-state index contributed by atoms with van der Waals surface area (Å²) in [5, 5.41) is 6.47. The first-order valence-electron chi connectivity index (χ1n) is 6.75. The van der Waals surface area contributed by atoms with Gasteiger partial charge in [0.05, 0.1) is 24.6 Å². The number of aromatic nitrogens is 2. The third-order valence-corrected chi connectivity index (χ3v) is 5.58. The van der Waals surface area contributed by atoms with Gasteiger partial charge in [-0.05, 0) is 12.5 Å². The largest absolute Gasteiger partial charge is 0.371 e. The second kappa shape index (κ2) is 5.59. The summed E-state index contributed by atoms with van der Waals surface area (Å²) in [7, 11) is -3.53. The van der Waals surface area contributed by atoms with E-state index >= 15 is 0 Å². The van der Waals surface area contributed by atoms with Gasteiger partial charge in [0, 0.05) is 13.1 Å². The summed E-state index contributed by atoms with van der Waals surface area (Å²) in [6, 6.07) is 9.67. The maximum absolute atomic E-state index is 12.7. The van der Waals surface area contributed by atoms with Crippen molar-refractivity contribution in [3.05, 3.63) is 47.8 Å². The summed E-state index contributed by atoms with van der Waals surface area (Å²) in [6.07, 6.45) is 1.12. The molecule has 2 aromatic rings. The average molecular weight is 307 g/mol. The second-order valence-electron chi connectivity index (χ2n) is 4.99. The fraction of sp³-hybridized carbons (Fsp3) is 0.357. The minimum atomic E-state index is -3.53. The molecule has 1 aliphatic rings. The predicted octanol–water partition coefficient (Wildman–Crippen LogP) is 1.48. The Hall–Kier alpha value is -1.70. The van der Waals surface area contributed by atoms with Gasteiger partial charge in [0.2, 0.25) is 10.0 Å². The van der Waals surface area contributed by atoms with Crippen LogP contribution in [0.15, 0.2) is 41.4 Å². The molecule has 1 unspecified atom stereocenters. The highest BCUT2D eigenvalue weighted by Crippen LogP contribution is 2.26. The van der Waals surface area contributed by atoms with Crippen LogP contribution in [0.1, 0.15) is 17.4 Å². The fourth-order valence-corrected chi connectivity index (χ4v) is 4.00. The van der Waals surface area contributed by atoms with Crippen LogP contribution in [-0.2, 0) is 14.8 Å². The van der Waals surface area contributed by atoms with Crippen LogP contribution in [0.3, 0.4) is 0 Å². The molecule has 0 spiro atoms. The molecule has 6 nitrogen and oxygen atoms in total. The van der Waals surface area contributed by atoms with Gasteiger partial charge in [-0.3, -0.25) is 5.10 Å². The molecule has 0 saturated carbocycles. The molecule has 7 heteroatoms. The van der Waals surface area contributed by atoms with E-state index in [-0.39, 0.29) is 11.0 Å². The molecular formula is C14H17N3O3S. The van der Waals surface area contributed by atoms with E-state index in [0.29, 0.717) is 25.4 Å². The highest BCUT2D eigenvalue weighted by Gasteiger charge is 2.33. The fourth-order valence-electron chi connectivity index (χ4n) is 2.45. The molecule has 0 bridgehead atoms. The zero-order valence-corrected chi connectivity index (χ0v) is 12.5. The van der Waals surface area contributed by atoms with E-state index in [2.05, 4.69) is 10.2 Å². The smallest absolute Gasteiger partial charge is 0.246 e. The van der Waals surface area contributed by atoms with E-state index in [4.69, 9.17) is 4.74 Å². The molecule has 1 saturated heterocycles. The van der Waals surface area contributed by atoms with Crippen LogP contribution in [0.25, 0.3) is 0 Å². The van der Waals surface area contributed by atoms with E-state index in [1.54, 1.807) is 6.92 Å². The van der Waals surface area contributed by atoms with Crippen molar-refractivity contribution in [1.29, 1.82) is 0 Å². The van der Waals surface area contributed by atoms with Crippen molar-refractivity contribution in [2.24, 2.45) is 0 Å². The summed E-state index contributed by atoms with van der Waals surface area (Å²) in [5.41, 5.74) is 1.54. The molecular weight excluding hydrogens is 290 g/mol. The van der Waals surface area contributed by atoms with Gasteiger partial charge in [0.25, 0.3) is 0 Å². The van der Waals surface area contributed by atoms with Crippen molar-refractivity contribution in [1.82, 2.24) is 14.5 Å². The van der Waals surface area contributed by atoms with Gasteiger partial charge in [-0.25, -0.2) is 8.42 Å². The van der Waals surface area contributed by atoms with Crippen LogP contribution in [0.2, 0.25) is 0 Å². The molecule has 112 valence electrons. The number of hydrogen-bond donors (Lipinski definition) is 1. The molecule has 3 rings (SSSR count). The molecule has 0 amide bonds. The normalized spacial score (nSPS) is 20.5. The van der Waals surface area contributed by atoms with Crippen molar-refractivity contribution in [3.63, 3.8) is 0 Å². The minimum absolute atomic E-state index is 0.233. The van der Waals surface area contributed by atoms with E-state index < -0.39 is 10.0 Å². The van der Waals surface area contributed by atoms with Crippen molar-refractivity contribution < 1.29 is 13.2 Å². The summed E-state index contributed by atoms with van der Waals surface area (Å²) in [4.78, 5) is 0.233. The van der Waals surface area contributed by atoms with Gasteiger partial charge in [-0.2, -0.15) is 9.40 Å². The Balaban J connectivity index is 1.85. The standard InChI is InChI=1S/C14H17N3O3S/c1-11-14(9-15-16-11)21(18,19)17-7-8-20-13(10-17)12-5-3-2-4-6-12/h2-6,9,13H,7-8,10H2,1H3,(H,15,16). The summed E-state index contributed by atoms with van der Waals surface area (Å²) >= 11 is 0. The summed E-state index contributed by atoms with van der Waals surface area (Å²) < 4.78 is 32.5. The van der Waals surface area contributed by atoms with Gasteiger partial charge in [-0.15, -0.1) is 0 Å². The maximum atomic E-state index is 12.7. The van der Waals surface area contributed by atoms with E-state index in [9.17, 15) is 8.42 Å². The molecule has 1 fully saturated rings. The van der Waals surface area contributed by atoms with Crippen molar-refractivity contribution in [2.75, 3.05) is 19.7 Å². The van der Waals surface area contributed by atoms with E-state index in [1.165, 1.54) is 10.5 Å². The lowest BCUT2D eigenvalue weighted by Crippen LogP contribution is -2.42. The van der Waals surface area contributed by atoms with Crippen LogP contribution in [0.4, 0.5) is 0 Å². The Morgan fingerprint density at radius 1 is 1.33 bits per heavy atom. The average Bonchev–Trinajstić information content (AvgIpc) is 2.95. The molecule has 0 radical (unpaired) electrons. The third-order valence-electron chi connectivity index (χ3n) is 3.60. The van der Waals surface area contributed by atoms with Crippen LogP contribution in [0, 0.1) is 6.92 Å². The lowest BCUT2D eigenvalue weighted by atomic mass is 10.1. The van der Waals surface area contributed by atoms with Gasteiger partial charge in [0.15, 0.2) is 0 Å². The number of H-pyrrole nitrogens is 1. The number of aromatic amines is 1. The van der Waals surface area contributed by atoms with Crippen LogP contribution in [-0.4, -0.2) is 42.6 Å². The zero-order valence-electron chi connectivity index (χ0n) is 11.7. The molecule has 1 N–H and O–H groups in total. The van der Waals surface area contributed by atoms with Crippen molar-refractivity contribution >= 4 is 10.0 Å². The number of nitrogens with zero attached hydrogens (tertiary/aromatic N) is 2. The number of ether oxygens (including phenoxy) is 1. The lowest BCUT2D eigenvalue weighted by Gasteiger charge is -2.32. The van der Waals surface area contributed by atoms with Gasteiger partial charge < -0.3 is 4.74 Å². The quantitative estimate of drug-likeness (QED) is 0.932. The number of benzene rings is 1. The number of aryl methyl sites for hydroxylation is 1. The Kier molecular flexibility index (Phi) is 3.79. The van der Waals surface area contributed by atoms with Gasteiger partial charge in [-0.1, -0.05) is 30.3 Å². The molecule has 2 heterocycles. The topological polar surface area (TPSA) is 75.3 Å². The first kappa shape index (κ1) is 14.2. The van der Waals surface area contributed by atoms with Gasteiger partial charge >= 0.3 is 0 Å². The van der Waals surface area contributed by atoms with E-state index in [1.807, 2.05) is 30.3 Å². The Labute approximate surface area is 123 Å². The van der Waals surface area contributed by atoms with Crippen LogP contribution in [0.5, 0.6) is 0 Å². The zero-order chi connectivity index (χ0) is 14.9. The predicted molar refractivity (Wildman–Crippen MR) is 77.2 cm³/mol. The number of rotatable bonds is 3. The number of nitrogens with one attached hydrogen (secondary N) is 1. The van der Waals surface area contributed by atoms with E-state index in [0.717, 1.165) is 5.56 Å². The Morgan fingerprint density at radius 2 is 2.10 bits per heavy atom. The Morgan fingerprint density at radius 3 is 2.76 bits per heavy atom. The van der Waals surface area contributed by atoms with Crippen LogP contribution < -0.4 is 0 Å². The molecule has 0 aliphatic carbocycles. The monoisotopic (exact) mass is 307 g/mol. The SMILES string of the molecule is Cc1[nH]ncc1S(=O)(=O)N1CCOC(c2ccccc2)C1. The number of sulfonamides is 1. The van der Waals surface area contributed by atoms with Crippen molar-refractivity contribution in [2.45, 2.75) is 17.9 Å². The van der Waals surface area contributed by atoms with Gasteiger partial charge in [0.1, 0.15) is 4.90 Å². The molecule has 1 aliphatic heterocycles. The molecule has 1 atom stereocenters. The third kappa shape index (κ3) is 2.72. The summed E-state index contributed by atoms with van der Waals surface area (Å²) in [5.74, 6) is 0. The first-order valence-corrected chi connectivity index (χ1v) is 8.20. The minimum Gasteiger partial charge on any atom is -0.371 e. The van der Waals surface area contributed by atoms with Crippen LogP contribution >= 0.6 is 0 Å². The second-order valence-corrected chi connectivity index (χ2v) is 6.90.